The molecule has 0 saturated heterocycles. The van der Waals surface area contributed by atoms with E-state index < -0.39 is 0 Å². The molecule has 0 atom stereocenters. The molecule has 92 valence electrons. The number of aromatic nitrogens is 1. The molecule has 1 aromatic carbocycles. The maximum Gasteiger partial charge on any atom is 0.196 e. The van der Waals surface area contributed by atoms with Gasteiger partial charge in [0.05, 0.1) is 5.56 Å². The summed E-state index contributed by atoms with van der Waals surface area (Å²) in [5, 5.41) is 0.263. The predicted octanol–water partition coefficient (Wildman–Crippen LogP) is 4.29. The van der Waals surface area contributed by atoms with E-state index in [0.29, 0.717) is 11.1 Å². The summed E-state index contributed by atoms with van der Waals surface area (Å²) in [6.07, 6.45) is 0.797. The van der Waals surface area contributed by atoms with Crippen LogP contribution in [0.2, 0.25) is 5.15 Å². The lowest BCUT2D eigenvalue weighted by molar-refractivity contribution is 0.103. The normalized spacial score (nSPS) is 10.4. The molecular formula is C14H11BrClNO. The number of rotatable bonds is 3. The third kappa shape index (κ3) is 2.79. The average Bonchev–Trinajstić information content (AvgIpc) is 2.37. The number of carbonyl (C=O) groups excluding carboxylic acids is 1. The summed E-state index contributed by atoms with van der Waals surface area (Å²) in [6.45, 7) is 1.99. The van der Waals surface area contributed by atoms with Crippen LogP contribution in [-0.4, -0.2) is 10.8 Å². The predicted molar refractivity (Wildman–Crippen MR) is 76.2 cm³/mol. The van der Waals surface area contributed by atoms with Gasteiger partial charge in [0, 0.05) is 15.7 Å². The van der Waals surface area contributed by atoms with Crippen LogP contribution in [0.5, 0.6) is 0 Å². The minimum atomic E-state index is -0.114. The summed E-state index contributed by atoms with van der Waals surface area (Å²) >= 11 is 9.39. The van der Waals surface area contributed by atoms with Crippen molar-refractivity contribution in [3.8, 4) is 0 Å². The van der Waals surface area contributed by atoms with Gasteiger partial charge in [0.25, 0.3) is 0 Å². The molecule has 0 bridgehead atoms. The minimum Gasteiger partial charge on any atom is -0.288 e. The average molecular weight is 325 g/mol. The Bertz CT molecular complexity index is 598. The summed E-state index contributed by atoms with van der Waals surface area (Å²) in [6, 6.07) is 10.8. The molecular weight excluding hydrogens is 314 g/mol. The highest BCUT2D eigenvalue weighted by atomic mass is 79.9. The second kappa shape index (κ2) is 5.63. The molecule has 0 fully saturated rings. The molecule has 2 nitrogen and oxygen atoms in total. The molecule has 2 rings (SSSR count). The van der Waals surface area contributed by atoms with Gasteiger partial charge < -0.3 is 0 Å². The molecule has 0 amide bonds. The van der Waals surface area contributed by atoms with Crippen molar-refractivity contribution in [2.75, 3.05) is 0 Å². The maximum atomic E-state index is 12.3. The van der Waals surface area contributed by atoms with E-state index in [1.165, 1.54) is 0 Å². The molecule has 4 heteroatoms. The van der Waals surface area contributed by atoms with Crippen molar-refractivity contribution in [1.82, 2.24) is 4.98 Å². The molecule has 0 saturated carbocycles. The first-order valence-electron chi connectivity index (χ1n) is 5.57. The highest BCUT2D eigenvalue weighted by molar-refractivity contribution is 9.10. The van der Waals surface area contributed by atoms with E-state index in [4.69, 9.17) is 11.6 Å². The van der Waals surface area contributed by atoms with Gasteiger partial charge in [-0.15, -0.1) is 0 Å². The first-order valence-corrected chi connectivity index (χ1v) is 6.74. The number of carbonyl (C=O) groups is 1. The van der Waals surface area contributed by atoms with E-state index in [2.05, 4.69) is 20.9 Å². The van der Waals surface area contributed by atoms with Crippen LogP contribution in [-0.2, 0) is 6.42 Å². The van der Waals surface area contributed by atoms with Gasteiger partial charge >= 0.3 is 0 Å². The van der Waals surface area contributed by atoms with E-state index in [0.717, 1.165) is 16.6 Å². The van der Waals surface area contributed by atoms with E-state index >= 15 is 0 Å². The zero-order chi connectivity index (χ0) is 13.1. The van der Waals surface area contributed by atoms with Crippen LogP contribution >= 0.6 is 27.5 Å². The lowest BCUT2D eigenvalue weighted by atomic mass is 10.0. The Morgan fingerprint density at radius 1 is 1.33 bits per heavy atom. The SMILES string of the molecule is CCc1ccc(C(=O)c2cccc(Br)c2)c(Cl)n1. The Morgan fingerprint density at radius 3 is 2.72 bits per heavy atom. The van der Waals surface area contributed by atoms with E-state index in [1.807, 2.05) is 25.1 Å². The fraction of sp³-hybridized carbons (Fsp3) is 0.143. The fourth-order valence-electron chi connectivity index (χ4n) is 1.62. The molecule has 0 spiro atoms. The first kappa shape index (κ1) is 13.2. The number of ketones is 1. The summed E-state index contributed by atoms with van der Waals surface area (Å²) in [4.78, 5) is 16.5. The third-order valence-corrected chi connectivity index (χ3v) is 3.38. The molecule has 0 aliphatic rings. The van der Waals surface area contributed by atoms with Crippen LogP contribution in [0, 0.1) is 0 Å². The molecule has 0 N–H and O–H groups in total. The van der Waals surface area contributed by atoms with Gasteiger partial charge in [-0.05, 0) is 30.7 Å². The van der Waals surface area contributed by atoms with Crippen molar-refractivity contribution in [2.24, 2.45) is 0 Å². The van der Waals surface area contributed by atoms with Crippen LogP contribution in [0.4, 0.5) is 0 Å². The maximum absolute atomic E-state index is 12.3. The molecule has 1 aromatic heterocycles. The zero-order valence-corrected chi connectivity index (χ0v) is 12.1. The largest absolute Gasteiger partial charge is 0.288 e. The number of hydrogen-bond acceptors (Lipinski definition) is 2. The highest BCUT2D eigenvalue weighted by Crippen LogP contribution is 2.20. The first-order chi connectivity index (χ1) is 8.61. The topological polar surface area (TPSA) is 30.0 Å². The van der Waals surface area contributed by atoms with Crippen molar-refractivity contribution in [1.29, 1.82) is 0 Å². The monoisotopic (exact) mass is 323 g/mol. The van der Waals surface area contributed by atoms with Gasteiger partial charge in [-0.2, -0.15) is 0 Å². The van der Waals surface area contributed by atoms with Gasteiger partial charge in [-0.25, -0.2) is 4.98 Å². The van der Waals surface area contributed by atoms with Gasteiger partial charge in [0.2, 0.25) is 0 Å². The molecule has 0 aliphatic carbocycles. The minimum absolute atomic E-state index is 0.114. The fourth-order valence-corrected chi connectivity index (χ4v) is 2.28. The number of hydrogen-bond donors (Lipinski definition) is 0. The zero-order valence-electron chi connectivity index (χ0n) is 9.78. The van der Waals surface area contributed by atoms with Crippen LogP contribution in [0.1, 0.15) is 28.5 Å². The van der Waals surface area contributed by atoms with Crippen LogP contribution in [0.15, 0.2) is 40.9 Å². The quantitative estimate of drug-likeness (QED) is 0.622. The number of aryl methyl sites for hydroxylation is 1. The summed E-state index contributed by atoms with van der Waals surface area (Å²) in [5.41, 5.74) is 1.91. The van der Waals surface area contributed by atoms with Crippen LogP contribution < -0.4 is 0 Å². The molecule has 1 heterocycles. The lowest BCUT2D eigenvalue weighted by Gasteiger charge is -2.05. The molecule has 0 unspecified atom stereocenters. The molecule has 0 aliphatic heterocycles. The van der Waals surface area contributed by atoms with E-state index in [1.54, 1.807) is 18.2 Å². The highest BCUT2D eigenvalue weighted by Gasteiger charge is 2.14. The summed E-state index contributed by atoms with van der Waals surface area (Å²) in [7, 11) is 0. The van der Waals surface area contributed by atoms with E-state index in [-0.39, 0.29) is 10.9 Å². The number of benzene rings is 1. The van der Waals surface area contributed by atoms with Crippen molar-refractivity contribution in [3.05, 3.63) is 62.8 Å². The van der Waals surface area contributed by atoms with Crippen LogP contribution in [0.25, 0.3) is 0 Å². The number of halogens is 2. The Hall–Kier alpha value is -1.19. The Morgan fingerprint density at radius 2 is 2.11 bits per heavy atom. The number of nitrogens with zero attached hydrogens (tertiary/aromatic N) is 1. The summed E-state index contributed by atoms with van der Waals surface area (Å²) in [5.74, 6) is -0.114. The second-order valence-corrected chi connectivity index (χ2v) is 5.11. The Labute approximate surface area is 119 Å². The van der Waals surface area contributed by atoms with Crippen molar-refractivity contribution >= 4 is 33.3 Å². The summed E-state index contributed by atoms with van der Waals surface area (Å²) < 4.78 is 0.864. The Kier molecular flexibility index (Phi) is 4.15. The van der Waals surface area contributed by atoms with Crippen molar-refractivity contribution in [2.45, 2.75) is 13.3 Å². The molecule has 0 radical (unpaired) electrons. The van der Waals surface area contributed by atoms with Gasteiger partial charge in [0.1, 0.15) is 5.15 Å². The van der Waals surface area contributed by atoms with Crippen molar-refractivity contribution < 1.29 is 4.79 Å². The van der Waals surface area contributed by atoms with Gasteiger partial charge in [-0.3, -0.25) is 4.79 Å². The van der Waals surface area contributed by atoms with Crippen LogP contribution in [0.3, 0.4) is 0 Å². The molecule has 18 heavy (non-hydrogen) atoms. The van der Waals surface area contributed by atoms with Gasteiger partial charge in [0.15, 0.2) is 5.78 Å². The second-order valence-electron chi connectivity index (χ2n) is 3.83. The van der Waals surface area contributed by atoms with E-state index in [9.17, 15) is 4.79 Å². The molecule has 2 aromatic rings. The van der Waals surface area contributed by atoms with Gasteiger partial charge in [-0.1, -0.05) is 46.6 Å². The standard InChI is InChI=1S/C14H11BrClNO/c1-2-11-6-7-12(14(16)17-11)13(18)9-4-3-5-10(15)8-9/h3-8H,2H2,1H3. The smallest absolute Gasteiger partial charge is 0.196 e. The Balaban J connectivity index is 2.40. The lowest BCUT2D eigenvalue weighted by Crippen LogP contribution is -2.04. The third-order valence-electron chi connectivity index (χ3n) is 2.60. The number of pyridine rings is 1. The van der Waals surface area contributed by atoms with Crippen molar-refractivity contribution in [3.63, 3.8) is 0 Å².